The minimum atomic E-state index is 0.0104. The molecule has 0 radical (unpaired) electrons. The van der Waals surface area contributed by atoms with Crippen LogP contribution in [0.1, 0.15) is 32.8 Å². The first-order valence-corrected chi connectivity index (χ1v) is 5.51. The Morgan fingerprint density at radius 2 is 2.07 bits per heavy atom. The predicted octanol–water partition coefficient (Wildman–Crippen LogP) is 3.89. The molecule has 1 aromatic carbocycles. The van der Waals surface area contributed by atoms with Gasteiger partial charge in [0.15, 0.2) is 0 Å². The van der Waals surface area contributed by atoms with Crippen LogP contribution in [0, 0.1) is 5.41 Å². The van der Waals surface area contributed by atoms with E-state index >= 15 is 0 Å². The molecule has 0 saturated heterocycles. The number of hydrogen-bond donors (Lipinski definition) is 0. The molecule has 1 nitrogen and oxygen atoms in total. The number of rotatable bonds is 4. The maximum Gasteiger partial charge on any atom is 0.130 e. The average molecular weight is 225 g/mol. The summed E-state index contributed by atoms with van der Waals surface area (Å²) in [6.07, 6.45) is 1.49. The van der Waals surface area contributed by atoms with Crippen LogP contribution in [0.2, 0.25) is 5.02 Å². The molecule has 1 rings (SSSR count). The van der Waals surface area contributed by atoms with Crippen LogP contribution in [0.3, 0.4) is 0 Å². The number of benzene rings is 1. The van der Waals surface area contributed by atoms with Crippen molar-refractivity contribution in [2.75, 3.05) is 0 Å². The smallest absolute Gasteiger partial charge is 0.130 e. The quantitative estimate of drug-likeness (QED) is 0.759. The Balaban J connectivity index is 2.72. The van der Waals surface area contributed by atoms with Gasteiger partial charge in [-0.1, -0.05) is 37.6 Å². The van der Waals surface area contributed by atoms with Crippen molar-refractivity contribution in [3.05, 3.63) is 34.9 Å². The largest absolute Gasteiger partial charge is 0.300 e. The highest BCUT2D eigenvalue weighted by Crippen LogP contribution is 2.27. The van der Waals surface area contributed by atoms with Gasteiger partial charge in [-0.2, -0.15) is 0 Å². The Morgan fingerprint density at radius 3 is 2.60 bits per heavy atom. The van der Waals surface area contributed by atoms with Crippen molar-refractivity contribution >= 4 is 17.4 Å². The number of ketones is 1. The van der Waals surface area contributed by atoms with Crippen LogP contribution in [-0.4, -0.2) is 5.78 Å². The summed E-state index contributed by atoms with van der Waals surface area (Å²) in [7, 11) is 0. The molecule has 15 heavy (non-hydrogen) atoms. The molecular formula is C13H17ClO. The molecule has 2 heteroatoms. The number of hydrogen-bond acceptors (Lipinski definition) is 1. The molecule has 0 N–H and O–H groups in total. The predicted molar refractivity (Wildman–Crippen MR) is 64.2 cm³/mol. The number of carbonyl (C=O) groups excluding carboxylic acids is 1. The van der Waals surface area contributed by atoms with Crippen molar-refractivity contribution in [3.8, 4) is 0 Å². The van der Waals surface area contributed by atoms with E-state index in [9.17, 15) is 4.79 Å². The van der Waals surface area contributed by atoms with Crippen molar-refractivity contribution in [1.29, 1.82) is 0 Å². The van der Waals surface area contributed by atoms with Gasteiger partial charge >= 0.3 is 0 Å². The lowest BCUT2D eigenvalue weighted by Gasteiger charge is -2.23. The van der Waals surface area contributed by atoms with Crippen LogP contribution >= 0.6 is 11.6 Å². The minimum Gasteiger partial charge on any atom is -0.300 e. The van der Waals surface area contributed by atoms with Crippen molar-refractivity contribution in [2.24, 2.45) is 5.41 Å². The highest BCUT2D eigenvalue weighted by Gasteiger charge is 2.20. The van der Waals surface area contributed by atoms with Gasteiger partial charge in [0, 0.05) is 11.4 Å². The van der Waals surface area contributed by atoms with E-state index in [4.69, 9.17) is 11.6 Å². The van der Waals surface area contributed by atoms with Crippen molar-refractivity contribution in [1.82, 2.24) is 0 Å². The number of carbonyl (C=O) groups is 1. The van der Waals surface area contributed by atoms with Crippen LogP contribution < -0.4 is 0 Å². The lowest BCUT2D eigenvalue weighted by Crippen LogP contribution is -2.18. The van der Waals surface area contributed by atoms with E-state index < -0.39 is 0 Å². The summed E-state index contributed by atoms with van der Waals surface area (Å²) in [4.78, 5) is 11.1. The standard InChI is InChI=1S/C13H17ClO/c1-10(15)8-13(2,3)9-11-5-4-6-12(14)7-11/h4-7H,8-9H2,1-3H3. The summed E-state index contributed by atoms with van der Waals surface area (Å²) in [5.41, 5.74) is 1.20. The monoisotopic (exact) mass is 224 g/mol. The summed E-state index contributed by atoms with van der Waals surface area (Å²) in [5, 5.41) is 0.756. The van der Waals surface area contributed by atoms with E-state index in [0.29, 0.717) is 6.42 Å². The van der Waals surface area contributed by atoms with Crippen LogP contribution in [0.4, 0.5) is 0 Å². The highest BCUT2D eigenvalue weighted by molar-refractivity contribution is 6.30. The van der Waals surface area contributed by atoms with Gasteiger partial charge in [-0.3, -0.25) is 0 Å². The summed E-state index contributed by atoms with van der Waals surface area (Å²) in [5.74, 6) is 0.238. The molecule has 0 bridgehead atoms. The topological polar surface area (TPSA) is 17.1 Å². The van der Waals surface area contributed by atoms with E-state index in [1.54, 1.807) is 6.92 Å². The maximum atomic E-state index is 11.1. The lowest BCUT2D eigenvalue weighted by atomic mass is 9.81. The minimum absolute atomic E-state index is 0.0104. The van der Waals surface area contributed by atoms with Gasteiger partial charge in [-0.05, 0) is 36.5 Å². The second-order valence-electron chi connectivity index (χ2n) is 4.85. The van der Waals surface area contributed by atoms with Gasteiger partial charge in [-0.15, -0.1) is 0 Å². The summed E-state index contributed by atoms with van der Waals surface area (Å²) in [6.45, 7) is 5.85. The zero-order chi connectivity index (χ0) is 11.5. The molecule has 0 heterocycles. The molecule has 0 aliphatic carbocycles. The normalized spacial score (nSPS) is 11.5. The van der Waals surface area contributed by atoms with E-state index in [0.717, 1.165) is 11.4 Å². The third-order valence-electron chi connectivity index (χ3n) is 2.30. The van der Waals surface area contributed by atoms with E-state index in [1.165, 1.54) is 5.56 Å². The molecular weight excluding hydrogens is 208 g/mol. The molecule has 1 aromatic rings. The fourth-order valence-electron chi connectivity index (χ4n) is 1.94. The molecule has 0 aliphatic rings. The molecule has 0 amide bonds. The van der Waals surface area contributed by atoms with Crippen molar-refractivity contribution in [3.63, 3.8) is 0 Å². The Bertz CT molecular complexity index is 355. The second kappa shape index (κ2) is 4.80. The van der Waals surface area contributed by atoms with Crippen LogP contribution in [0.5, 0.6) is 0 Å². The molecule has 0 aliphatic heterocycles. The SMILES string of the molecule is CC(=O)CC(C)(C)Cc1cccc(Cl)c1. The second-order valence-corrected chi connectivity index (χ2v) is 5.29. The lowest BCUT2D eigenvalue weighted by molar-refractivity contribution is -0.118. The Kier molecular flexibility index (Phi) is 3.92. The molecule has 0 saturated carbocycles. The van der Waals surface area contributed by atoms with Crippen LogP contribution in [0.15, 0.2) is 24.3 Å². The number of halogens is 1. The molecule has 0 atom stereocenters. The van der Waals surface area contributed by atoms with Crippen molar-refractivity contribution < 1.29 is 4.79 Å². The van der Waals surface area contributed by atoms with Gasteiger partial charge < -0.3 is 4.79 Å². The van der Waals surface area contributed by atoms with Gasteiger partial charge in [-0.25, -0.2) is 0 Å². The zero-order valence-electron chi connectivity index (χ0n) is 9.51. The third kappa shape index (κ3) is 4.48. The van der Waals surface area contributed by atoms with Gasteiger partial charge in [0.2, 0.25) is 0 Å². The van der Waals surface area contributed by atoms with Crippen LogP contribution in [0.25, 0.3) is 0 Å². The summed E-state index contributed by atoms with van der Waals surface area (Å²) >= 11 is 5.91. The maximum absolute atomic E-state index is 11.1. The first kappa shape index (κ1) is 12.3. The zero-order valence-corrected chi connectivity index (χ0v) is 10.3. The molecule has 0 fully saturated rings. The summed E-state index contributed by atoms with van der Waals surface area (Å²) < 4.78 is 0. The first-order chi connectivity index (χ1) is 6.89. The Morgan fingerprint density at radius 1 is 1.40 bits per heavy atom. The molecule has 0 unspecified atom stereocenters. The van der Waals surface area contributed by atoms with E-state index in [2.05, 4.69) is 13.8 Å². The first-order valence-electron chi connectivity index (χ1n) is 5.13. The van der Waals surface area contributed by atoms with E-state index in [1.807, 2.05) is 24.3 Å². The van der Waals surface area contributed by atoms with Crippen molar-refractivity contribution in [2.45, 2.75) is 33.6 Å². The van der Waals surface area contributed by atoms with Crippen LogP contribution in [-0.2, 0) is 11.2 Å². The molecule has 0 spiro atoms. The van der Waals surface area contributed by atoms with Gasteiger partial charge in [0.25, 0.3) is 0 Å². The number of Topliss-reactive ketones (excluding diaryl/α,β-unsaturated/α-hetero) is 1. The fraction of sp³-hybridized carbons (Fsp3) is 0.462. The fourth-order valence-corrected chi connectivity index (χ4v) is 2.15. The van der Waals surface area contributed by atoms with E-state index in [-0.39, 0.29) is 11.2 Å². The molecule has 0 aromatic heterocycles. The van der Waals surface area contributed by atoms with Gasteiger partial charge in [0.05, 0.1) is 0 Å². The Hall–Kier alpha value is -0.820. The summed E-state index contributed by atoms with van der Waals surface area (Å²) in [6, 6.07) is 7.82. The Labute approximate surface area is 96.5 Å². The van der Waals surface area contributed by atoms with Gasteiger partial charge in [0.1, 0.15) is 5.78 Å². The highest BCUT2D eigenvalue weighted by atomic mass is 35.5. The third-order valence-corrected chi connectivity index (χ3v) is 2.53. The average Bonchev–Trinajstić information content (AvgIpc) is 1.99. The molecule has 82 valence electrons.